The van der Waals surface area contributed by atoms with E-state index in [0.29, 0.717) is 0 Å². The Kier molecular flexibility index (Phi) is 2.94. The van der Waals surface area contributed by atoms with E-state index in [1.807, 2.05) is 0 Å². The van der Waals surface area contributed by atoms with Gasteiger partial charge >= 0.3 is 17.9 Å². The smallest absolute Gasteiger partial charge is 0.348 e. The molecule has 1 aliphatic rings. The molecule has 0 aliphatic carbocycles. The van der Waals surface area contributed by atoms with Gasteiger partial charge < -0.3 is 20.7 Å². The number of aliphatic carboxylic acids is 2. The van der Waals surface area contributed by atoms with E-state index in [-0.39, 0.29) is 12.8 Å². The van der Waals surface area contributed by atoms with Crippen LogP contribution in [-0.4, -0.2) is 39.8 Å². The summed E-state index contributed by atoms with van der Waals surface area (Å²) in [6.45, 7) is 0. The average Bonchev–Trinajstić information content (AvgIpc) is 2.48. The van der Waals surface area contributed by atoms with Crippen molar-refractivity contribution in [2.45, 2.75) is 30.9 Å². The molecule has 2 unspecified atom stereocenters. The molecule has 0 spiro atoms. The van der Waals surface area contributed by atoms with Crippen molar-refractivity contribution in [2.75, 3.05) is 0 Å². The molecule has 15 heavy (non-hydrogen) atoms. The highest BCUT2D eigenvalue weighted by Crippen LogP contribution is 2.31. The van der Waals surface area contributed by atoms with E-state index >= 15 is 0 Å². The molecular weight excluding hydrogens is 206 g/mol. The fourth-order valence-electron chi connectivity index (χ4n) is 1.45. The van der Waals surface area contributed by atoms with Crippen LogP contribution in [0.4, 0.5) is 0 Å². The Morgan fingerprint density at radius 1 is 1.53 bits per heavy atom. The number of cyclic esters (lactones) is 1. The van der Waals surface area contributed by atoms with Crippen LogP contribution >= 0.6 is 0 Å². The Morgan fingerprint density at radius 2 is 2.13 bits per heavy atom. The first-order chi connectivity index (χ1) is 6.87. The molecule has 7 heteroatoms. The number of carbonyl (C=O) groups excluding carboxylic acids is 1. The van der Waals surface area contributed by atoms with E-state index in [2.05, 4.69) is 4.74 Å². The molecule has 1 fully saturated rings. The van der Waals surface area contributed by atoms with Crippen molar-refractivity contribution in [1.82, 2.24) is 0 Å². The minimum atomic E-state index is -1.77. The van der Waals surface area contributed by atoms with E-state index in [1.165, 1.54) is 0 Å². The van der Waals surface area contributed by atoms with Gasteiger partial charge in [0, 0.05) is 19.3 Å². The number of hydrogen-bond donors (Lipinski definition) is 3. The molecule has 0 aromatic carbocycles. The highest BCUT2D eigenvalue weighted by Gasteiger charge is 2.49. The van der Waals surface area contributed by atoms with E-state index in [1.54, 1.807) is 0 Å². The van der Waals surface area contributed by atoms with Crippen molar-refractivity contribution in [2.24, 2.45) is 5.73 Å². The largest absolute Gasteiger partial charge is 0.480 e. The van der Waals surface area contributed by atoms with Gasteiger partial charge in [0.25, 0.3) is 0 Å². The molecule has 1 heterocycles. The first kappa shape index (κ1) is 11.4. The number of hydrogen-bond acceptors (Lipinski definition) is 5. The Hall–Kier alpha value is -1.63. The van der Waals surface area contributed by atoms with Gasteiger partial charge in [-0.3, -0.25) is 9.59 Å². The molecule has 0 saturated carbocycles. The van der Waals surface area contributed by atoms with E-state index in [0.717, 1.165) is 0 Å². The summed E-state index contributed by atoms with van der Waals surface area (Å²) in [6.07, 6.45) is -0.482. The van der Waals surface area contributed by atoms with Gasteiger partial charge in [-0.25, -0.2) is 4.79 Å². The van der Waals surface area contributed by atoms with Crippen LogP contribution in [0.1, 0.15) is 19.3 Å². The lowest BCUT2D eigenvalue weighted by Crippen LogP contribution is -2.46. The maximum absolute atomic E-state index is 10.9. The van der Waals surface area contributed by atoms with Gasteiger partial charge in [-0.2, -0.15) is 0 Å². The van der Waals surface area contributed by atoms with Crippen molar-refractivity contribution < 1.29 is 29.3 Å². The fourth-order valence-corrected chi connectivity index (χ4v) is 1.45. The van der Waals surface area contributed by atoms with Crippen LogP contribution < -0.4 is 5.73 Å². The third-order valence-electron chi connectivity index (χ3n) is 2.30. The summed E-state index contributed by atoms with van der Waals surface area (Å²) in [4.78, 5) is 32.2. The third-order valence-corrected chi connectivity index (χ3v) is 2.30. The number of carbonyl (C=O) groups is 3. The molecule has 1 rings (SSSR count). The lowest BCUT2D eigenvalue weighted by molar-refractivity contribution is -0.171. The molecule has 2 atom stereocenters. The van der Waals surface area contributed by atoms with Crippen LogP contribution in [0.3, 0.4) is 0 Å². The number of carboxylic acid groups (broad SMARTS) is 2. The van der Waals surface area contributed by atoms with Crippen LogP contribution in [0.5, 0.6) is 0 Å². The maximum Gasteiger partial charge on any atom is 0.348 e. The van der Waals surface area contributed by atoms with E-state index < -0.39 is 36.0 Å². The van der Waals surface area contributed by atoms with Gasteiger partial charge in [0.2, 0.25) is 5.60 Å². The summed E-state index contributed by atoms with van der Waals surface area (Å²) >= 11 is 0. The third kappa shape index (κ3) is 2.24. The van der Waals surface area contributed by atoms with E-state index in [9.17, 15) is 14.4 Å². The lowest BCUT2D eigenvalue weighted by Gasteiger charge is -2.24. The van der Waals surface area contributed by atoms with E-state index in [4.69, 9.17) is 15.9 Å². The predicted octanol–water partition coefficient (Wildman–Crippen LogP) is -1.05. The van der Waals surface area contributed by atoms with Gasteiger partial charge in [0.15, 0.2) is 0 Å². The lowest BCUT2D eigenvalue weighted by atomic mass is 9.92. The van der Waals surface area contributed by atoms with Gasteiger partial charge in [-0.15, -0.1) is 0 Å². The zero-order valence-electron chi connectivity index (χ0n) is 7.80. The zero-order valence-corrected chi connectivity index (χ0v) is 7.80. The van der Waals surface area contributed by atoms with Crippen molar-refractivity contribution in [1.29, 1.82) is 0 Å². The van der Waals surface area contributed by atoms with Crippen LogP contribution in [0, 0.1) is 0 Å². The Labute approximate surface area is 84.8 Å². The molecule has 0 aromatic rings. The van der Waals surface area contributed by atoms with Gasteiger partial charge in [-0.05, 0) is 0 Å². The Balaban J connectivity index is 2.80. The van der Waals surface area contributed by atoms with Crippen molar-refractivity contribution in [3.05, 3.63) is 0 Å². The van der Waals surface area contributed by atoms with Crippen LogP contribution in [0.2, 0.25) is 0 Å². The SMILES string of the molecule is NC(CC1(C(=O)O)CCC(=O)O1)C(=O)O. The molecule has 1 saturated heterocycles. The normalized spacial score (nSPS) is 27.1. The van der Waals surface area contributed by atoms with Crippen LogP contribution in [-0.2, 0) is 19.1 Å². The summed E-state index contributed by atoms with van der Waals surface area (Å²) in [7, 11) is 0. The zero-order chi connectivity index (χ0) is 11.6. The molecule has 0 bridgehead atoms. The van der Waals surface area contributed by atoms with Gasteiger partial charge in [0.1, 0.15) is 6.04 Å². The second-order valence-electron chi connectivity index (χ2n) is 3.42. The van der Waals surface area contributed by atoms with Crippen molar-refractivity contribution in [3.63, 3.8) is 0 Å². The molecule has 1 aliphatic heterocycles. The first-order valence-corrected chi connectivity index (χ1v) is 4.31. The fraction of sp³-hybridized carbons (Fsp3) is 0.625. The van der Waals surface area contributed by atoms with Crippen molar-refractivity contribution in [3.8, 4) is 0 Å². The highest BCUT2D eigenvalue weighted by molar-refractivity contribution is 5.86. The summed E-state index contributed by atoms with van der Waals surface area (Å²) in [5, 5.41) is 17.4. The van der Waals surface area contributed by atoms with Crippen LogP contribution in [0.25, 0.3) is 0 Å². The monoisotopic (exact) mass is 217 g/mol. The second kappa shape index (κ2) is 3.85. The maximum atomic E-state index is 10.9. The number of esters is 1. The molecule has 0 amide bonds. The summed E-state index contributed by atoms with van der Waals surface area (Å²) in [6, 6.07) is -1.35. The average molecular weight is 217 g/mol. The quantitative estimate of drug-likeness (QED) is 0.512. The minimum Gasteiger partial charge on any atom is -0.480 e. The molecule has 7 nitrogen and oxygen atoms in total. The summed E-state index contributed by atoms with van der Waals surface area (Å²) in [5.41, 5.74) is 3.44. The topological polar surface area (TPSA) is 127 Å². The molecule has 4 N–H and O–H groups in total. The van der Waals surface area contributed by atoms with Gasteiger partial charge in [-0.1, -0.05) is 0 Å². The first-order valence-electron chi connectivity index (χ1n) is 4.31. The number of rotatable bonds is 4. The number of ether oxygens (including phenoxy) is 1. The highest BCUT2D eigenvalue weighted by atomic mass is 16.6. The Bertz CT molecular complexity index is 314. The molecule has 0 radical (unpaired) electrons. The van der Waals surface area contributed by atoms with Gasteiger partial charge in [0.05, 0.1) is 0 Å². The molecule has 0 aromatic heterocycles. The molecule has 84 valence electrons. The number of nitrogens with two attached hydrogens (primary N) is 1. The second-order valence-corrected chi connectivity index (χ2v) is 3.42. The molecular formula is C8H11NO6. The summed E-state index contributed by atoms with van der Waals surface area (Å²) < 4.78 is 4.65. The summed E-state index contributed by atoms with van der Waals surface area (Å²) in [5.74, 6) is -3.32. The number of carboxylic acids is 2. The predicted molar refractivity (Wildman–Crippen MR) is 45.9 cm³/mol. The standard InChI is InChI=1S/C8H11NO6/c9-4(6(11)12)3-8(7(13)14)2-1-5(10)15-8/h4H,1-3,9H2,(H,11,12)(H,13,14). The van der Waals surface area contributed by atoms with Crippen LogP contribution in [0.15, 0.2) is 0 Å². The Morgan fingerprint density at radius 3 is 2.47 bits per heavy atom. The minimum absolute atomic E-state index is 0.0291. The van der Waals surface area contributed by atoms with Crippen molar-refractivity contribution >= 4 is 17.9 Å².